The minimum absolute atomic E-state index is 0.130. The van der Waals surface area contributed by atoms with E-state index in [9.17, 15) is 4.39 Å². The molecule has 0 saturated carbocycles. The zero-order chi connectivity index (χ0) is 13.1. The van der Waals surface area contributed by atoms with E-state index in [1.807, 2.05) is 13.0 Å². The lowest BCUT2D eigenvalue weighted by Crippen LogP contribution is -2.00. The summed E-state index contributed by atoms with van der Waals surface area (Å²) in [4.78, 5) is 4.19. The van der Waals surface area contributed by atoms with Gasteiger partial charge in [-0.15, -0.1) is 0 Å². The molecule has 0 fully saturated rings. The topological polar surface area (TPSA) is 48.1 Å². The molecule has 0 radical (unpaired) electrons. The van der Waals surface area contributed by atoms with Crippen molar-refractivity contribution in [1.29, 1.82) is 0 Å². The zero-order valence-corrected chi connectivity index (χ0v) is 11.4. The van der Waals surface area contributed by atoms with Crippen molar-refractivity contribution < 1.29 is 9.13 Å². The summed E-state index contributed by atoms with van der Waals surface area (Å²) in [7, 11) is 0. The van der Waals surface area contributed by atoms with Crippen molar-refractivity contribution in [2.45, 2.75) is 13.5 Å². The normalized spacial score (nSPS) is 10.4. The third kappa shape index (κ3) is 3.05. The fourth-order valence-corrected chi connectivity index (χ4v) is 1.89. The summed E-state index contributed by atoms with van der Waals surface area (Å²) < 4.78 is 19.7. The zero-order valence-electron chi connectivity index (χ0n) is 9.78. The third-order valence-electron chi connectivity index (χ3n) is 2.33. The van der Waals surface area contributed by atoms with Crippen molar-refractivity contribution in [2.24, 2.45) is 5.73 Å². The van der Waals surface area contributed by atoms with Crippen LogP contribution in [0.25, 0.3) is 0 Å². The number of ether oxygens (including phenoxy) is 1. The van der Waals surface area contributed by atoms with Gasteiger partial charge in [-0.25, -0.2) is 9.37 Å². The van der Waals surface area contributed by atoms with Crippen molar-refractivity contribution in [3.8, 4) is 11.6 Å². The second kappa shape index (κ2) is 5.46. The minimum Gasteiger partial charge on any atom is -0.436 e. The van der Waals surface area contributed by atoms with Crippen molar-refractivity contribution in [3.05, 3.63) is 51.9 Å². The van der Waals surface area contributed by atoms with Crippen LogP contribution in [0.15, 0.2) is 34.8 Å². The van der Waals surface area contributed by atoms with E-state index < -0.39 is 5.82 Å². The van der Waals surface area contributed by atoms with Crippen molar-refractivity contribution in [1.82, 2.24) is 4.98 Å². The molecule has 3 nitrogen and oxygen atoms in total. The molecule has 0 saturated heterocycles. The lowest BCUT2D eigenvalue weighted by Gasteiger charge is -2.08. The van der Waals surface area contributed by atoms with Gasteiger partial charge >= 0.3 is 0 Å². The van der Waals surface area contributed by atoms with E-state index in [0.29, 0.717) is 12.4 Å². The maximum Gasteiger partial charge on any atom is 0.219 e. The summed E-state index contributed by atoms with van der Waals surface area (Å²) in [5, 5.41) is 0. The van der Waals surface area contributed by atoms with E-state index in [-0.39, 0.29) is 5.75 Å². The molecule has 2 aromatic rings. The number of rotatable bonds is 3. The van der Waals surface area contributed by atoms with E-state index in [1.54, 1.807) is 18.2 Å². The summed E-state index contributed by atoms with van der Waals surface area (Å²) in [6, 6.07) is 8.06. The van der Waals surface area contributed by atoms with Crippen LogP contribution in [0.4, 0.5) is 4.39 Å². The van der Waals surface area contributed by atoms with Gasteiger partial charge in [-0.2, -0.15) is 0 Å². The van der Waals surface area contributed by atoms with Gasteiger partial charge in [0.05, 0.1) is 0 Å². The Morgan fingerprint density at radius 1 is 1.33 bits per heavy atom. The number of aryl methyl sites for hydroxylation is 1. The van der Waals surface area contributed by atoms with Crippen LogP contribution in [-0.2, 0) is 6.54 Å². The molecule has 0 aliphatic heterocycles. The molecule has 5 heteroatoms. The van der Waals surface area contributed by atoms with E-state index in [2.05, 4.69) is 20.9 Å². The largest absolute Gasteiger partial charge is 0.436 e. The monoisotopic (exact) mass is 310 g/mol. The predicted octanol–water partition coefficient (Wildman–Crippen LogP) is 3.54. The highest BCUT2D eigenvalue weighted by Gasteiger charge is 2.07. The first kappa shape index (κ1) is 13.0. The Morgan fingerprint density at radius 2 is 2.11 bits per heavy atom. The van der Waals surface area contributed by atoms with E-state index >= 15 is 0 Å². The average molecular weight is 311 g/mol. The number of halogens is 2. The molecule has 0 bridgehead atoms. The Labute approximate surface area is 113 Å². The number of pyridine rings is 1. The molecule has 2 rings (SSSR count). The number of hydrogen-bond acceptors (Lipinski definition) is 3. The fourth-order valence-electron chi connectivity index (χ4n) is 1.55. The number of nitrogens with zero attached hydrogens (tertiary/aromatic N) is 1. The number of hydrogen-bond donors (Lipinski definition) is 1. The van der Waals surface area contributed by atoms with Gasteiger partial charge in [0.1, 0.15) is 0 Å². The molecule has 0 aliphatic carbocycles. The molecule has 0 aliphatic rings. The van der Waals surface area contributed by atoms with Crippen molar-refractivity contribution in [2.75, 3.05) is 0 Å². The van der Waals surface area contributed by atoms with Gasteiger partial charge in [-0.05, 0) is 36.8 Å². The first-order chi connectivity index (χ1) is 8.58. The van der Waals surface area contributed by atoms with Gasteiger partial charge in [0, 0.05) is 22.8 Å². The Morgan fingerprint density at radius 3 is 2.83 bits per heavy atom. The van der Waals surface area contributed by atoms with Crippen LogP contribution in [0, 0.1) is 12.7 Å². The minimum atomic E-state index is -0.434. The summed E-state index contributed by atoms with van der Waals surface area (Å²) in [5.41, 5.74) is 7.25. The smallest absolute Gasteiger partial charge is 0.219 e. The van der Waals surface area contributed by atoms with E-state index in [4.69, 9.17) is 10.5 Å². The molecule has 1 aromatic carbocycles. The predicted molar refractivity (Wildman–Crippen MR) is 71.0 cm³/mol. The highest BCUT2D eigenvalue weighted by molar-refractivity contribution is 9.10. The second-order valence-corrected chi connectivity index (χ2v) is 4.75. The molecule has 0 unspecified atom stereocenters. The lowest BCUT2D eigenvalue weighted by atomic mass is 10.2. The molecule has 0 amide bonds. The molecular formula is C13H12BrFN2O. The third-order valence-corrected chi connectivity index (χ3v) is 2.83. The summed E-state index contributed by atoms with van der Waals surface area (Å²) in [5.74, 6) is 0.0358. The first-order valence-electron chi connectivity index (χ1n) is 5.39. The van der Waals surface area contributed by atoms with E-state index in [1.165, 1.54) is 6.07 Å². The molecule has 2 N–H and O–H groups in total. The maximum atomic E-state index is 13.5. The summed E-state index contributed by atoms with van der Waals surface area (Å²) in [6.07, 6.45) is 0. The Kier molecular flexibility index (Phi) is 3.93. The van der Waals surface area contributed by atoms with Crippen LogP contribution in [0.3, 0.4) is 0 Å². The summed E-state index contributed by atoms with van der Waals surface area (Å²) >= 11 is 3.27. The van der Waals surface area contributed by atoms with Crippen LogP contribution in [-0.4, -0.2) is 4.98 Å². The Hall–Kier alpha value is -1.46. The number of benzene rings is 1. The van der Waals surface area contributed by atoms with Gasteiger partial charge < -0.3 is 10.5 Å². The fraction of sp³-hybridized carbons (Fsp3) is 0.154. The Bertz CT molecular complexity index is 575. The average Bonchev–Trinajstić information content (AvgIpc) is 2.33. The standard InChI is InChI=1S/C13H12BrFN2O/c1-8-4-9(7-16)5-13(17-8)18-12-6-10(14)2-3-11(12)15/h2-6H,7,16H2,1H3. The molecule has 1 aromatic heterocycles. The molecular weight excluding hydrogens is 299 g/mol. The summed E-state index contributed by atoms with van der Waals surface area (Å²) in [6.45, 7) is 2.23. The number of aromatic nitrogens is 1. The molecule has 18 heavy (non-hydrogen) atoms. The van der Waals surface area contributed by atoms with Crippen LogP contribution in [0.1, 0.15) is 11.3 Å². The first-order valence-corrected chi connectivity index (χ1v) is 6.18. The van der Waals surface area contributed by atoms with Crippen LogP contribution in [0.2, 0.25) is 0 Å². The SMILES string of the molecule is Cc1cc(CN)cc(Oc2cc(Br)ccc2F)n1. The van der Waals surface area contributed by atoms with Crippen LogP contribution in [0.5, 0.6) is 11.6 Å². The highest BCUT2D eigenvalue weighted by atomic mass is 79.9. The van der Waals surface area contributed by atoms with Crippen LogP contribution >= 0.6 is 15.9 Å². The lowest BCUT2D eigenvalue weighted by molar-refractivity contribution is 0.425. The Balaban J connectivity index is 2.33. The van der Waals surface area contributed by atoms with Crippen molar-refractivity contribution >= 4 is 15.9 Å². The molecule has 0 atom stereocenters. The van der Waals surface area contributed by atoms with Gasteiger partial charge in [0.2, 0.25) is 5.88 Å². The van der Waals surface area contributed by atoms with E-state index in [0.717, 1.165) is 15.7 Å². The molecule has 1 heterocycles. The maximum absolute atomic E-state index is 13.5. The second-order valence-electron chi connectivity index (χ2n) is 3.84. The van der Waals surface area contributed by atoms with Gasteiger partial charge in [-0.3, -0.25) is 0 Å². The van der Waals surface area contributed by atoms with Crippen LogP contribution < -0.4 is 10.5 Å². The van der Waals surface area contributed by atoms with Gasteiger partial charge in [0.15, 0.2) is 11.6 Å². The molecule has 94 valence electrons. The molecule has 0 spiro atoms. The quantitative estimate of drug-likeness (QED) is 0.943. The van der Waals surface area contributed by atoms with Gasteiger partial charge in [0.25, 0.3) is 0 Å². The number of nitrogens with two attached hydrogens (primary N) is 1. The van der Waals surface area contributed by atoms with Crippen molar-refractivity contribution in [3.63, 3.8) is 0 Å². The highest BCUT2D eigenvalue weighted by Crippen LogP contribution is 2.27. The van der Waals surface area contributed by atoms with Gasteiger partial charge in [-0.1, -0.05) is 15.9 Å².